The summed E-state index contributed by atoms with van der Waals surface area (Å²) in [5.74, 6) is 0.211. The molecule has 0 atom stereocenters. The summed E-state index contributed by atoms with van der Waals surface area (Å²) >= 11 is 0.653. The zero-order valence-corrected chi connectivity index (χ0v) is 18.5. The number of nitriles is 1. The molecule has 2 amide bonds. The topological polar surface area (TPSA) is 119 Å². The average molecular weight is 451 g/mol. The minimum absolute atomic E-state index is 0.0599. The zero-order valence-electron chi connectivity index (χ0n) is 17.7. The van der Waals surface area contributed by atoms with Crippen molar-refractivity contribution >= 4 is 29.2 Å². The van der Waals surface area contributed by atoms with Crippen molar-refractivity contribution in [3.8, 4) is 6.07 Å². The Balaban J connectivity index is 1.95. The van der Waals surface area contributed by atoms with Crippen LogP contribution in [0.25, 0.3) is 0 Å². The number of alkyl carbamates (subject to hydrolysis) is 1. The van der Waals surface area contributed by atoms with Gasteiger partial charge in [0.25, 0.3) is 0 Å². The number of carbonyl (C=O) groups is 2. The van der Waals surface area contributed by atoms with E-state index in [1.807, 2.05) is 6.08 Å². The number of guanidine groups is 1. The van der Waals surface area contributed by atoms with Gasteiger partial charge in [-0.25, -0.2) is 4.79 Å². The molecular weight excluding hydrogens is 420 g/mol. The summed E-state index contributed by atoms with van der Waals surface area (Å²) in [6, 6.07) is 2.26. The van der Waals surface area contributed by atoms with Crippen molar-refractivity contribution in [2.24, 2.45) is 4.40 Å². The van der Waals surface area contributed by atoms with E-state index in [-0.39, 0.29) is 12.6 Å². The van der Waals surface area contributed by atoms with Crippen molar-refractivity contribution < 1.29 is 19.1 Å². The number of amides is 2. The molecule has 0 aromatic heterocycles. The van der Waals surface area contributed by atoms with Crippen molar-refractivity contribution in [2.75, 3.05) is 52.5 Å². The van der Waals surface area contributed by atoms with Gasteiger partial charge in [-0.15, -0.1) is 6.58 Å². The van der Waals surface area contributed by atoms with E-state index in [2.05, 4.69) is 39.2 Å². The van der Waals surface area contributed by atoms with E-state index in [1.54, 1.807) is 4.90 Å². The second kappa shape index (κ2) is 13.0. The lowest BCUT2D eigenvalue weighted by atomic mass is 9.89. The number of likely N-dealkylation sites (tertiary alicyclic amines) is 1. The molecule has 0 saturated carbocycles. The number of ether oxygens (including phenoxy) is 2. The first-order chi connectivity index (χ1) is 15.0. The molecule has 31 heavy (non-hydrogen) atoms. The number of rotatable bonds is 7. The van der Waals surface area contributed by atoms with E-state index in [0.29, 0.717) is 51.1 Å². The van der Waals surface area contributed by atoms with Gasteiger partial charge in [0.05, 0.1) is 31.2 Å². The normalized spacial score (nSPS) is 19.1. The summed E-state index contributed by atoms with van der Waals surface area (Å²) in [6.45, 7) is 11.6. The fourth-order valence-electron chi connectivity index (χ4n) is 3.20. The van der Waals surface area contributed by atoms with Crippen LogP contribution in [0.4, 0.5) is 9.59 Å². The smallest absolute Gasteiger partial charge is 0.414 e. The summed E-state index contributed by atoms with van der Waals surface area (Å²) in [6.07, 6.45) is 4.61. The summed E-state index contributed by atoms with van der Waals surface area (Å²) < 4.78 is 14.5. The largest absolute Gasteiger partial charge is 0.445 e. The van der Waals surface area contributed by atoms with Crippen molar-refractivity contribution in [2.45, 2.75) is 24.8 Å². The molecule has 11 heteroatoms. The third kappa shape index (κ3) is 8.24. The van der Waals surface area contributed by atoms with E-state index in [9.17, 15) is 14.9 Å². The minimum atomic E-state index is -0.917. The van der Waals surface area contributed by atoms with Crippen LogP contribution in [0.3, 0.4) is 0 Å². The SMILES string of the molecule is C=CCCN1CCC(C#N)(NC(=O)SN=C(NC(=O)OCC=C)N2CCOCC2)CC1. The van der Waals surface area contributed by atoms with Crippen molar-refractivity contribution in [3.05, 3.63) is 25.3 Å². The number of hydrogen-bond acceptors (Lipinski definition) is 8. The Kier molecular flexibility index (Phi) is 10.4. The van der Waals surface area contributed by atoms with Crippen LogP contribution >= 0.6 is 11.9 Å². The van der Waals surface area contributed by atoms with E-state index in [1.165, 1.54) is 6.08 Å². The van der Waals surface area contributed by atoms with Gasteiger partial charge in [0.1, 0.15) is 12.1 Å². The molecule has 0 bridgehead atoms. The van der Waals surface area contributed by atoms with Crippen LogP contribution in [0.15, 0.2) is 29.7 Å². The van der Waals surface area contributed by atoms with Gasteiger partial charge in [0.2, 0.25) is 5.96 Å². The van der Waals surface area contributed by atoms with Gasteiger partial charge in [-0.05, 0) is 19.3 Å². The van der Waals surface area contributed by atoms with Gasteiger partial charge in [-0.3, -0.25) is 10.1 Å². The van der Waals surface area contributed by atoms with Crippen LogP contribution in [0.1, 0.15) is 19.3 Å². The molecule has 2 heterocycles. The first kappa shape index (κ1) is 24.7. The molecule has 0 spiro atoms. The molecule has 0 radical (unpaired) electrons. The zero-order chi connectivity index (χ0) is 22.5. The number of nitrogens with one attached hydrogen (secondary N) is 2. The van der Waals surface area contributed by atoms with Gasteiger partial charge in [0.15, 0.2) is 0 Å². The lowest BCUT2D eigenvalue weighted by molar-refractivity contribution is 0.0663. The van der Waals surface area contributed by atoms with Gasteiger partial charge in [-0.1, -0.05) is 18.7 Å². The van der Waals surface area contributed by atoms with Crippen molar-refractivity contribution in [1.82, 2.24) is 20.4 Å². The summed E-state index contributed by atoms with van der Waals surface area (Å²) in [4.78, 5) is 28.5. The van der Waals surface area contributed by atoms with Crippen LogP contribution in [0, 0.1) is 11.3 Å². The number of hydrogen-bond donors (Lipinski definition) is 2. The predicted octanol–water partition coefficient (Wildman–Crippen LogP) is 1.88. The van der Waals surface area contributed by atoms with E-state index < -0.39 is 16.9 Å². The number of nitrogens with zero attached hydrogens (tertiary/aromatic N) is 4. The molecule has 0 unspecified atom stereocenters. The lowest BCUT2D eigenvalue weighted by Gasteiger charge is -2.37. The Labute approximate surface area is 187 Å². The first-order valence-corrected chi connectivity index (χ1v) is 11.0. The number of morpholine rings is 1. The lowest BCUT2D eigenvalue weighted by Crippen LogP contribution is -2.53. The molecule has 0 aromatic carbocycles. The quantitative estimate of drug-likeness (QED) is 0.261. The maximum atomic E-state index is 12.5. The second-order valence-corrected chi connectivity index (χ2v) is 7.88. The summed E-state index contributed by atoms with van der Waals surface area (Å²) in [5, 5.41) is 14.6. The Bertz CT molecular complexity index is 709. The Morgan fingerprint density at radius 2 is 1.94 bits per heavy atom. The maximum absolute atomic E-state index is 12.5. The highest BCUT2D eigenvalue weighted by Crippen LogP contribution is 2.23. The predicted molar refractivity (Wildman–Crippen MR) is 119 cm³/mol. The van der Waals surface area contributed by atoms with Gasteiger partial charge in [0, 0.05) is 32.7 Å². The molecule has 2 saturated heterocycles. The first-order valence-electron chi connectivity index (χ1n) is 10.2. The van der Waals surface area contributed by atoms with E-state index >= 15 is 0 Å². The summed E-state index contributed by atoms with van der Waals surface area (Å²) in [5.41, 5.74) is -0.917. The molecule has 10 nitrogen and oxygen atoms in total. The molecule has 170 valence electrons. The third-order valence-corrected chi connectivity index (χ3v) is 5.52. The summed E-state index contributed by atoms with van der Waals surface area (Å²) in [7, 11) is 0. The average Bonchev–Trinajstić information content (AvgIpc) is 2.80. The fraction of sp³-hybridized carbons (Fsp3) is 0.600. The van der Waals surface area contributed by atoms with E-state index in [0.717, 1.165) is 26.1 Å². The molecule has 0 aliphatic carbocycles. The third-order valence-electron chi connectivity index (χ3n) is 4.99. The Morgan fingerprint density at radius 3 is 2.55 bits per heavy atom. The molecular formula is C20H30N6O4S. The van der Waals surface area contributed by atoms with Crippen LogP contribution in [0.2, 0.25) is 0 Å². The molecule has 2 fully saturated rings. The Morgan fingerprint density at radius 1 is 1.23 bits per heavy atom. The Hall–Kier alpha value is -2.55. The van der Waals surface area contributed by atoms with E-state index in [4.69, 9.17) is 9.47 Å². The van der Waals surface area contributed by atoms with Gasteiger partial charge in [-0.2, -0.15) is 9.66 Å². The highest BCUT2D eigenvalue weighted by Gasteiger charge is 2.36. The molecule has 2 N–H and O–H groups in total. The molecule has 2 rings (SSSR count). The van der Waals surface area contributed by atoms with Gasteiger partial charge < -0.3 is 24.6 Å². The minimum Gasteiger partial charge on any atom is -0.445 e. The van der Waals surface area contributed by atoms with Crippen LogP contribution < -0.4 is 10.6 Å². The standard InChI is InChI=1S/C20H30N6O4S/c1-3-5-8-25-9-6-20(16-21,7-10-25)23-19(28)31-24-17(22-18(27)30-13-4-2)26-11-14-29-15-12-26/h3-4H,1-2,5-15H2,(H,23,28)(H,22,24,27). The van der Waals surface area contributed by atoms with Crippen LogP contribution in [-0.4, -0.2) is 85.2 Å². The molecule has 0 aromatic rings. The van der Waals surface area contributed by atoms with Crippen molar-refractivity contribution in [3.63, 3.8) is 0 Å². The number of piperidine rings is 1. The van der Waals surface area contributed by atoms with Gasteiger partial charge >= 0.3 is 11.3 Å². The monoisotopic (exact) mass is 450 g/mol. The highest BCUT2D eigenvalue weighted by atomic mass is 32.2. The van der Waals surface area contributed by atoms with Crippen molar-refractivity contribution in [1.29, 1.82) is 5.26 Å². The molecule has 2 aliphatic heterocycles. The van der Waals surface area contributed by atoms with Crippen LogP contribution in [-0.2, 0) is 9.47 Å². The maximum Gasteiger partial charge on any atom is 0.414 e. The fourth-order valence-corrected chi connectivity index (χ4v) is 3.77. The second-order valence-electron chi connectivity index (χ2n) is 7.14. The highest BCUT2D eigenvalue weighted by molar-refractivity contribution is 8.12. The number of carbonyl (C=O) groups excluding carboxylic acids is 2. The molecule has 2 aliphatic rings. The van der Waals surface area contributed by atoms with Crippen LogP contribution in [0.5, 0.6) is 0 Å².